The number of rotatable bonds is 3. The Morgan fingerprint density at radius 2 is 2.06 bits per heavy atom. The summed E-state index contributed by atoms with van der Waals surface area (Å²) in [7, 11) is 0. The van der Waals surface area contributed by atoms with Gasteiger partial charge in [0.25, 0.3) is 0 Å². The molecule has 2 aromatic rings. The molecule has 0 amide bonds. The van der Waals surface area contributed by atoms with E-state index in [0.29, 0.717) is 12.6 Å². The molecule has 0 aromatic heterocycles. The third-order valence-corrected chi connectivity index (χ3v) is 3.58. The molecule has 92 valence electrons. The fraction of sp³-hybridized carbons (Fsp3) is 0.200. The smallest absolute Gasteiger partial charge is 0.120 e. The van der Waals surface area contributed by atoms with Crippen LogP contribution in [-0.4, -0.2) is 12.6 Å². The van der Waals surface area contributed by atoms with E-state index >= 15 is 0 Å². The maximum Gasteiger partial charge on any atom is 0.120 e. The molecule has 1 unspecified atom stereocenters. The van der Waals surface area contributed by atoms with Crippen LogP contribution < -0.4 is 10.1 Å². The fourth-order valence-corrected chi connectivity index (χ4v) is 2.61. The zero-order valence-corrected chi connectivity index (χ0v) is 11.5. The van der Waals surface area contributed by atoms with E-state index in [9.17, 15) is 0 Å². The van der Waals surface area contributed by atoms with Crippen LogP contribution in [0.2, 0.25) is 0 Å². The van der Waals surface area contributed by atoms with Crippen LogP contribution in [0.5, 0.6) is 5.75 Å². The minimum atomic E-state index is 0.362. The average molecular weight is 304 g/mol. The minimum absolute atomic E-state index is 0.362. The van der Waals surface area contributed by atoms with Gasteiger partial charge in [-0.15, -0.1) is 0 Å². The standard InChI is InChI=1S/C15H14BrNO/c16-12-5-3-6-14(9-12)18-10-13-8-11-4-1-2-7-15(11)17-13/h1-7,9,13,17H,8,10H2. The predicted molar refractivity (Wildman–Crippen MR) is 77.2 cm³/mol. The third kappa shape index (κ3) is 2.51. The highest BCUT2D eigenvalue weighted by atomic mass is 79.9. The number of benzene rings is 2. The number of hydrogen-bond acceptors (Lipinski definition) is 2. The third-order valence-electron chi connectivity index (χ3n) is 3.09. The Morgan fingerprint density at radius 3 is 2.89 bits per heavy atom. The normalized spacial score (nSPS) is 17.1. The first-order valence-corrected chi connectivity index (χ1v) is 6.83. The second-order valence-corrected chi connectivity index (χ2v) is 5.39. The van der Waals surface area contributed by atoms with Crippen LogP contribution >= 0.6 is 15.9 Å². The Hall–Kier alpha value is -1.48. The summed E-state index contributed by atoms with van der Waals surface area (Å²) in [6, 6.07) is 16.7. The molecule has 0 aliphatic carbocycles. The molecule has 3 heteroatoms. The van der Waals surface area contributed by atoms with Crippen molar-refractivity contribution in [2.75, 3.05) is 11.9 Å². The Balaban J connectivity index is 1.60. The van der Waals surface area contributed by atoms with Gasteiger partial charge in [-0.25, -0.2) is 0 Å². The van der Waals surface area contributed by atoms with Gasteiger partial charge in [0.15, 0.2) is 0 Å². The zero-order valence-electron chi connectivity index (χ0n) is 9.90. The predicted octanol–water partition coefficient (Wildman–Crippen LogP) is 3.86. The van der Waals surface area contributed by atoms with Gasteiger partial charge in [-0.05, 0) is 36.2 Å². The highest BCUT2D eigenvalue weighted by molar-refractivity contribution is 9.10. The van der Waals surface area contributed by atoms with Crippen LogP contribution in [-0.2, 0) is 6.42 Å². The molecule has 3 rings (SSSR count). The minimum Gasteiger partial charge on any atom is -0.491 e. The van der Waals surface area contributed by atoms with Crippen LogP contribution in [0.25, 0.3) is 0 Å². The van der Waals surface area contributed by atoms with Crippen molar-refractivity contribution in [3.05, 3.63) is 58.6 Å². The Bertz CT molecular complexity index is 531. The Kier molecular flexibility index (Phi) is 3.24. The van der Waals surface area contributed by atoms with Gasteiger partial charge in [-0.1, -0.05) is 40.2 Å². The quantitative estimate of drug-likeness (QED) is 0.929. The highest BCUT2D eigenvalue weighted by Gasteiger charge is 2.20. The molecule has 0 saturated heterocycles. The molecule has 2 nitrogen and oxygen atoms in total. The summed E-state index contributed by atoms with van der Waals surface area (Å²) < 4.78 is 6.85. The van der Waals surface area contributed by atoms with Crippen molar-refractivity contribution in [1.29, 1.82) is 0 Å². The van der Waals surface area contributed by atoms with Crippen molar-refractivity contribution in [2.45, 2.75) is 12.5 Å². The van der Waals surface area contributed by atoms with Crippen LogP contribution in [0.15, 0.2) is 53.0 Å². The summed E-state index contributed by atoms with van der Waals surface area (Å²) >= 11 is 3.44. The molecule has 1 heterocycles. The van der Waals surface area contributed by atoms with Crippen LogP contribution in [0, 0.1) is 0 Å². The topological polar surface area (TPSA) is 21.3 Å². The highest BCUT2D eigenvalue weighted by Crippen LogP contribution is 2.26. The van der Waals surface area contributed by atoms with Crippen molar-refractivity contribution < 1.29 is 4.74 Å². The number of nitrogens with one attached hydrogen (secondary N) is 1. The van der Waals surface area contributed by atoms with E-state index in [2.05, 4.69) is 45.5 Å². The van der Waals surface area contributed by atoms with E-state index in [0.717, 1.165) is 16.6 Å². The van der Waals surface area contributed by atoms with Crippen molar-refractivity contribution in [3.8, 4) is 5.75 Å². The van der Waals surface area contributed by atoms with E-state index in [1.165, 1.54) is 11.3 Å². The van der Waals surface area contributed by atoms with Crippen LogP contribution in [0.3, 0.4) is 0 Å². The summed E-state index contributed by atoms with van der Waals surface area (Å²) in [5.41, 5.74) is 2.61. The van der Waals surface area contributed by atoms with Gasteiger partial charge in [0.1, 0.15) is 12.4 Å². The molecule has 0 spiro atoms. The summed E-state index contributed by atoms with van der Waals surface area (Å²) in [6.45, 7) is 0.686. The number of halogens is 1. The summed E-state index contributed by atoms with van der Waals surface area (Å²) in [5, 5.41) is 3.48. The van der Waals surface area contributed by atoms with Gasteiger partial charge in [0, 0.05) is 10.2 Å². The number of fused-ring (bicyclic) bond motifs is 1. The Morgan fingerprint density at radius 1 is 1.17 bits per heavy atom. The number of para-hydroxylation sites is 1. The van der Waals surface area contributed by atoms with Crippen LogP contribution in [0.1, 0.15) is 5.56 Å². The largest absolute Gasteiger partial charge is 0.491 e. The molecule has 0 bridgehead atoms. The number of anilines is 1. The monoisotopic (exact) mass is 303 g/mol. The second kappa shape index (κ2) is 5.02. The lowest BCUT2D eigenvalue weighted by Gasteiger charge is -2.13. The maximum atomic E-state index is 5.81. The van der Waals surface area contributed by atoms with E-state index in [-0.39, 0.29) is 0 Å². The van der Waals surface area contributed by atoms with E-state index in [1.54, 1.807) is 0 Å². The number of ether oxygens (including phenoxy) is 1. The molecule has 1 aliphatic rings. The molecule has 2 aromatic carbocycles. The molecule has 18 heavy (non-hydrogen) atoms. The van der Waals surface area contributed by atoms with Gasteiger partial charge in [0.2, 0.25) is 0 Å². The molecule has 0 saturated carbocycles. The van der Waals surface area contributed by atoms with Crippen molar-refractivity contribution >= 4 is 21.6 Å². The van der Waals surface area contributed by atoms with Gasteiger partial charge in [0.05, 0.1) is 6.04 Å². The molecule has 1 atom stereocenters. The molecule has 1 aliphatic heterocycles. The van der Waals surface area contributed by atoms with E-state index < -0.39 is 0 Å². The summed E-state index contributed by atoms with van der Waals surface area (Å²) in [6.07, 6.45) is 1.03. The van der Waals surface area contributed by atoms with Gasteiger partial charge in [-0.2, -0.15) is 0 Å². The van der Waals surface area contributed by atoms with E-state index in [4.69, 9.17) is 4.74 Å². The first kappa shape index (κ1) is 11.6. The molecule has 0 fully saturated rings. The van der Waals surface area contributed by atoms with Crippen molar-refractivity contribution in [1.82, 2.24) is 0 Å². The maximum absolute atomic E-state index is 5.81. The summed E-state index contributed by atoms with van der Waals surface area (Å²) in [4.78, 5) is 0. The van der Waals surface area contributed by atoms with Gasteiger partial charge in [-0.3, -0.25) is 0 Å². The second-order valence-electron chi connectivity index (χ2n) is 4.47. The molecular formula is C15H14BrNO. The van der Waals surface area contributed by atoms with Gasteiger partial charge >= 0.3 is 0 Å². The molecule has 1 N–H and O–H groups in total. The first-order valence-electron chi connectivity index (χ1n) is 6.04. The van der Waals surface area contributed by atoms with Crippen molar-refractivity contribution in [2.24, 2.45) is 0 Å². The number of hydrogen-bond donors (Lipinski definition) is 1. The lowest BCUT2D eigenvalue weighted by molar-refractivity contribution is 0.299. The van der Waals surface area contributed by atoms with Crippen LogP contribution in [0.4, 0.5) is 5.69 Å². The first-order chi connectivity index (χ1) is 8.81. The van der Waals surface area contributed by atoms with Crippen molar-refractivity contribution in [3.63, 3.8) is 0 Å². The molecule has 0 radical (unpaired) electrons. The lowest BCUT2D eigenvalue weighted by atomic mass is 10.1. The van der Waals surface area contributed by atoms with E-state index in [1.807, 2.05) is 24.3 Å². The SMILES string of the molecule is Brc1cccc(OCC2Cc3ccccc3N2)c1. The zero-order chi connectivity index (χ0) is 12.4. The average Bonchev–Trinajstić information content (AvgIpc) is 2.79. The summed E-state index contributed by atoms with van der Waals surface area (Å²) in [5.74, 6) is 0.905. The van der Waals surface area contributed by atoms with Gasteiger partial charge < -0.3 is 10.1 Å². The Labute approximate surface area is 115 Å². The molecular weight excluding hydrogens is 290 g/mol. The lowest BCUT2D eigenvalue weighted by Crippen LogP contribution is -2.24. The fourth-order valence-electron chi connectivity index (χ4n) is 2.23.